The number of hydrogen-bond donors (Lipinski definition) is 23. The number of phenolic OH excluding ortho intramolecular Hbond substituents is 3. The van der Waals surface area contributed by atoms with Crippen LogP contribution < -0.4 is 73.5 Å². The Morgan fingerprint density at radius 1 is 0.714 bits per heavy atom. The number of nitrogens with zero attached hydrogens (tertiary/aromatic N) is 1. The molecule has 0 saturated carbocycles. The van der Waals surface area contributed by atoms with Gasteiger partial charge in [-0.3, -0.25) is 43.3 Å². The number of primary amides is 1. The van der Waals surface area contributed by atoms with Gasteiger partial charge in [0.25, 0.3) is 5.91 Å². The number of benzene rings is 5. The number of carboxylic acids is 1. The number of carbonyl (C=O) groups excluding carboxylic acids is 8. The van der Waals surface area contributed by atoms with Crippen LogP contribution >= 0.6 is 23.2 Å². The van der Waals surface area contributed by atoms with Gasteiger partial charge in [0.05, 0.1) is 46.9 Å². The molecule has 0 spiro atoms. The number of nitrogens with one attached hydrogen (secondary N) is 9. The fourth-order valence-corrected chi connectivity index (χ4v) is 16.1. The van der Waals surface area contributed by atoms with E-state index in [-0.39, 0.29) is 42.1 Å². The van der Waals surface area contributed by atoms with E-state index >= 15 is 24.0 Å². The maximum atomic E-state index is 16.5. The van der Waals surface area contributed by atoms with Crippen molar-refractivity contribution in [1.82, 2.24) is 52.8 Å². The number of aliphatic carboxylic acids is 1. The second-order valence-electron chi connectivity index (χ2n) is 32.8. The van der Waals surface area contributed by atoms with E-state index in [1.165, 1.54) is 51.5 Å². The number of nitrogens with two attached hydrogens (primary N) is 2. The van der Waals surface area contributed by atoms with Crippen molar-refractivity contribution >= 4 is 76.4 Å². The van der Waals surface area contributed by atoms with Crippen LogP contribution in [0, 0.1) is 5.92 Å². The molecule has 9 heterocycles. The van der Waals surface area contributed by atoms with E-state index in [1.807, 2.05) is 0 Å². The number of alkyl halides is 3. The zero-order valence-electron chi connectivity index (χ0n) is 71.0. The number of pyridine rings is 1. The van der Waals surface area contributed by atoms with Gasteiger partial charge < -0.3 is 163 Å². The molecule has 8 aliphatic heterocycles. The van der Waals surface area contributed by atoms with Crippen molar-refractivity contribution < 1.29 is 160 Å². The van der Waals surface area contributed by atoms with Crippen molar-refractivity contribution in [3.63, 3.8) is 0 Å². The first kappa shape index (κ1) is 100. The number of aromatic hydroxyl groups is 3. The number of aliphatic hydroxyl groups is 8. The number of allylic oxidation sites excluding steroid dienone is 3. The van der Waals surface area contributed by atoms with Crippen molar-refractivity contribution in [3.8, 4) is 57.1 Å². The smallest absolute Gasteiger partial charge is 0.508 e. The summed E-state index contributed by atoms with van der Waals surface area (Å²) in [4.78, 5) is 137. The van der Waals surface area contributed by atoms with E-state index in [2.05, 4.69) is 64.2 Å². The third-order valence-corrected chi connectivity index (χ3v) is 23.0. The van der Waals surface area contributed by atoms with Gasteiger partial charge in [-0.2, -0.15) is 0 Å². The first-order chi connectivity index (χ1) is 62.8. The summed E-state index contributed by atoms with van der Waals surface area (Å²) >= 11 is 14.5. The minimum atomic E-state index is -4.98. The molecule has 0 aliphatic carbocycles. The zero-order valence-corrected chi connectivity index (χ0v) is 72.5. The summed E-state index contributed by atoms with van der Waals surface area (Å²) in [6.07, 6.45) is -28.5. The van der Waals surface area contributed by atoms with Gasteiger partial charge in [-0.25, -0.2) is 4.79 Å². The maximum absolute atomic E-state index is 16.5. The number of likely N-dealkylation sites (N-methyl/N-ethyl adjacent to an activating group) is 1. The van der Waals surface area contributed by atoms with Gasteiger partial charge in [-0.1, -0.05) is 67.9 Å². The molecule has 3 fully saturated rings. The summed E-state index contributed by atoms with van der Waals surface area (Å²) < 4.78 is 92.2. The molecule has 8 aliphatic rings. The molecule has 8 amide bonds. The monoisotopic (exact) mass is 1900 g/mol. The van der Waals surface area contributed by atoms with E-state index < -0.39 is 309 Å². The zero-order chi connectivity index (χ0) is 96.8. The number of carboxylic acid groups (broad SMARTS) is 1. The van der Waals surface area contributed by atoms with Gasteiger partial charge in [-0.15, -0.1) is 13.2 Å². The summed E-state index contributed by atoms with van der Waals surface area (Å²) in [7, 11) is 1.44. The number of hydrogen-bond acceptors (Lipinski definition) is 33. The maximum Gasteiger partial charge on any atom is 0.573 e. The van der Waals surface area contributed by atoms with Crippen molar-refractivity contribution in [2.24, 2.45) is 17.4 Å². The number of amides is 8. The average molecular weight is 1910 g/mol. The molecule has 14 rings (SSSR count). The number of fused-ring (bicyclic) bond motifs is 15. The van der Waals surface area contributed by atoms with E-state index in [1.54, 1.807) is 13.8 Å². The van der Waals surface area contributed by atoms with Gasteiger partial charge in [0.1, 0.15) is 126 Å². The molecule has 133 heavy (non-hydrogen) atoms. The number of phenols is 3. The van der Waals surface area contributed by atoms with E-state index in [4.69, 9.17) is 72.6 Å². The van der Waals surface area contributed by atoms with Crippen LogP contribution in [0.25, 0.3) is 11.1 Å². The minimum absolute atomic E-state index is 0.00525. The van der Waals surface area contributed by atoms with Crippen LogP contribution in [0.5, 0.6) is 46.0 Å². The van der Waals surface area contributed by atoms with E-state index in [9.17, 15) is 93.6 Å². The number of carbonyl (C=O) groups is 9. The van der Waals surface area contributed by atoms with Crippen molar-refractivity contribution in [2.45, 2.75) is 200 Å². The molecule has 5 aromatic carbocycles. The van der Waals surface area contributed by atoms with Crippen LogP contribution in [-0.2, 0) is 73.3 Å². The van der Waals surface area contributed by atoms with Gasteiger partial charge in [0, 0.05) is 66.4 Å². The first-order valence-electron chi connectivity index (χ1n) is 41.2. The Morgan fingerprint density at radius 3 is 1.99 bits per heavy atom. The first-order valence-corrected chi connectivity index (χ1v) is 41.9. The van der Waals surface area contributed by atoms with Crippen LogP contribution in [0.1, 0.15) is 121 Å². The Balaban J connectivity index is 0.979. The topological polar surface area (TPSA) is 653 Å². The van der Waals surface area contributed by atoms with Crippen LogP contribution in [0.3, 0.4) is 0 Å². The molecule has 3 saturated heterocycles. The average Bonchev–Trinajstić information content (AvgIpc) is 0.762. The minimum Gasteiger partial charge on any atom is -0.508 e. The van der Waals surface area contributed by atoms with Crippen molar-refractivity contribution in [2.75, 3.05) is 20.2 Å². The lowest BCUT2D eigenvalue weighted by Gasteiger charge is -2.46. The Kier molecular flexibility index (Phi) is 31.6. The Labute approximate surface area is 763 Å². The molecule has 11 bridgehead atoms. The highest BCUT2D eigenvalue weighted by atomic mass is 35.5. The third kappa shape index (κ3) is 23.5. The highest BCUT2D eigenvalue weighted by Crippen LogP contribution is 2.51. The van der Waals surface area contributed by atoms with Crippen molar-refractivity contribution in [3.05, 3.63) is 183 Å². The predicted molar refractivity (Wildman–Crippen MR) is 453 cm³/mol. The largest absolute Gasteiger partial charge is 0.573 e. The summed E-state index contributed by atoms with van der Waals surface area (Å²) in [5.74, 6) is -18.6. The molecule has 25 N–H and O–H groups in total. The number of aliphatic hydroxyl groups excluding tert-OH is 8. The molecular weight excluding hydrogens is 1810 g/mol. The van der Waals surface area contributed by atoms with E-state index in [0.29, 0.717) is 5.56 Å². The predicted octanol–water partition coefficient (Wildman–Crippen LogP) is 0.973. The van der Waals surface area contributed by atoms with Crippen molar-refractivity contribution in [1.29, 1.82) is 0 Å². The second kappa shape index (κ2) is 42.1. The van der Waals surface area contributed by atoms with Crippen LogP contribution in [0.15, 0.2) is 134 Å². The second-order valence-corrected chi connectivity index (χ2v) is 33.6. The molecule has 23 atom stereocenters. The van der Waals surface area contributed by atoms with Gasteiger partial charge in [-0.05, 0) is 134 Å². The molecule has 0 radical (unpaired) electrons. The van der Waals surface area contributed by atoms with E-state index in [0.717, 1.165) is 91.1 Å². The lowest BCUT2D eigenvalue weighted by Crippen LogP contribution is -2.65. The van der Waals surface area contributed by atoms with Crippen LogP contribution in [-0.4, -0.2) is 256 Å². The van der Waals surface area contributed by atoms with Gasteiger partial charge in [0.15, 0.2) is 30.1 Å². The normalized spacial score (nSPS) is 28.8. The highest BCUT2D eigenvalue weighted by Gasteiger charge is 2.53. The van der Waals surface area contributed by atoms with Crippen LogP contribution in [0.4, 0.5) is 13.2 Å². The molecule has 1 aromatic heterocycles. The van der Waals surface area contributed by atoms with Gasteiger partial charge >= 0.3 is 12.3 Å². The Morgan fingerprint density at radius 2 is 1.35 bits per heavy atom. The Hall–Kier alpha value is -12.0. The number of ether oxygens (including phenoxy) is 9. The fourth-order valence-electron chi connectivity index (χ4n) is 15.7. The summed E-state index contributed by atoms with van der Waals surface area (Å²) in [6, 6.07) is -0.189. The molecule has 4 unspecified atom stereocenters. The molecular formula is C86H97Cl2F3N12O30. The van der Waals surface area contributed by atoms with Crippen LogP contribution in [0.2, 0.25) is 10.0 Å². The number of rotatable bonds is 24. The summed E-state index contributed by atoms with van der Waals surface area (Å²) in [5.41, 5.74) is 8.12. The molecule has 6 aromatic rings. The molecule has 716 valence electrons. The third-order valence-electron chi connectivity index (χ3n) is 22.4. The lowest BCUT2D eigenvalue weighted by molar-refractivity contribution is -0.350. The SMILES string of the molecule is C=C(/C=C\C=C\NC(=O)c1cncc(CNC[C@H]2O[C@@H](O[C@H]3[C@H](O)[C@@H](O)[C@H](Oc4c5cc6cc4Oc4ccc(cc4Cl)[C@@H](O[C@H]4C[C@](C)(N)[C@@H](O)[C@H](C)O4)[C@@H]4NC(=O)C(NC(=O)[C@@H]6NC(=O)C(CC(N)=O)NC(=O)C(NC(=O)[C@@H](CC(C)C)NC)[C@H](O)c6ccc(c(Cl)c6)O5)c5ccc(O)c(c5)-c5c(O)cc(O)cc5C(C(=O)O)NC4=O)O[C@@H]3CO)[C@H](O)[C@@H](O)[C@H]2O)c1)OC(F)(F)F. The highest BCUT2D eigenvalue weighted by molar-refractivity contribution is 6.32. The number of halogens is 5. The molecule has 47 heteroatoms. The fraction of sp³-hybridized carbons (Fsp3) is 0.419. The Bertz CT molecular complexity index is 5470. The standard InChI is InChI=1S/C86H97Cl2F3N12O30/c1-33(2)17-47(94-6)76(117)102-63-65(109)38-11-14-51(45(87)20-38)126-53-22-40-23-54(72(53)131-84-70(114)68(112)73(56(32-104)129-84)132-83-69(113)67(111)66(110)55(128-83)31-96-29-36-18-41(30-95-28-36)75(116)97-16-8-7-9-34(3)133-86(89,90)91)127-52-15-12-39(21-46(52)88)71(130-58-27-85(5,93)74(115)35(4)125-58)64-81(122)101-62(82(123)124)44-24-42(105)25-50(107)59(44)43-19-37(10-13-49(43)106)60(78(119)103-64)100-79(120)61(40)99-77(118)48(26-57(92)108)98-80(63)121/h7-16,18-25,28,30,33,35,47-48,55-56,58,60-71,73-74,83-84,94,96,104-107,109-115H,3,17,26-27,29,31-32,93H2,1-2,4-6H3,(H2,92,108)(H,97,116)(H,98,121)(H,99,118)(H,100,120)(H,101,122)(H,102,117)(H,103,119)(H,123,124)/b9-7-,16-8+/t35-,47+,48?,55+,56+,58-,60?,61+,62?,63?,64-,65+,66-,67-,68+,69+,70+,71+,73+,74-,83-,84-,85-/m0/s1. The lowest BCUT2D eigenvalue weighted by atomic mass is 9.86. The molecule has 42 nitrogen and oxygen atoms in total. The summed E-state index contributed by atoms with van der Waals surface area (Å²) in [5, 5.41) is 161. The van der Waals surface area contributed by atoms with Gasteiger partial charge in [0.2, 0.25) is 53.4 Å². The summed E-state index contributed by atoms with van der Waals surface area (Å²) in [6.45, 7) is 7.91. The quantitative estimate of drug-likeness (QED) is 0.0296. The number of aromatic nitrogens is 1.